The molecule has 47 heavy (non-hydrogen) atoms. The summed E-state index contributed by atoms with van der Waals surface area (Å²) in [5.41, 5.74) is 9.16. The van der Waals surface area contributed by atoms with Crippen LogP contribution in [0.5, 0.6) is 0 Å². The monoisotopic (exact) mass is 861 g/mol. The summed E-state index contributed by atoms with van der Waals surface area (Å²) in [7, 11) is 0. The maximum atomic E-state index is 6.40. The van der Waals surface area contributed by atoms with Crippen molar-refractivity contribution in [1.29, 1.82) is 0 Å². The molecule has 4 heterocycles. The summed E-state index contributed by atoms with van der Waals surface area (Å²) in [6.45, 7) is 11.7. The van der Waals surface area contributed by atoms with Crippen LogP contribution >= 0.6 is 0 Å². The Morgan fingerprint density at radius 3 is 2.28 bits per heavy atom. The standard InChI is InChI=1S/C26H26N3O.C14H16GeN.Ir/c1-6-29-24-20(13-14-27-23(24)16(4)5)28-26(29)19-12-11-17(15(2)3)22-18-9-7-8-10-21(18)30-25(19)22;1-15(2,3)13-9-10-14(16-11-13)12-7-5-4-6-8-12;/h7-11,13-16H,6H2,1-5H3;4-7,9-11H,1-3H3;/q2*-1;. The van der Waals surface area contributed by atoms with E-state index in [0.717, 1.165) is 62.5 Å². The van der Waals surface area contributed by atoms with Crippen molar-refractivity contribution in [1.82, 2.24) is 19.5 Å². The van der Waals surface area contributed by atoms with Crippen LogP contribution in [-0.4, -0.2) is 32.8 Å². The van der Waals surface area contributed by atoms with Crippen LogP contribution in [-0.2, 0) is 26.7 Å². The quantitative estimate of drug-likeness (QED) is 0.124. The Kier molecular flexibility index (Phi) is 10.5. The van der Waals surface area contributed by atoms with Crippen LogP contribution in [0.2, 0.25) is 17.3 Å². The van der Waals surface area contributed by atoms with Crippen molar-refractivity contribution >= 4 is 50.6 Å². The fourth-order valence-corrected chi connectivity index (χ4v) is 8.17. The van der Waals surface area contributed by atoms with Gasteiger partial charge in [-0.15, -0.1) is 17.7 Å². The van der Waals surface area contributed by atoms with Gasteiger partial charge < -0.3 is 8.98 Å². The SMILES string of the molecule is CCn1c(-c2[c-]cc(C(C)C)c3c2oc2ccccc23)nc2ccnc(C(C)C)c21.[CH3][Ge]([CH3])([CH3])[c]1ccc(-c2[c-]cccc2)nc1.[Ir]. The number of fused-ring (bicyclic) bond motifs is 4. The average molecular weight is 860 g/mol. The van der Waals surface area contributed by atoms with E-state index in [4.69, 9.17) is 9.40 Å². The van der Waals surface area contributed by atoms with Gasteiger partial charge in [-0.3, -0.25) is 9.97 Å². The van der Waals surface area contributed by atoms with Gasteiger partial charge in [-0.25, -0.2) is 0 Å². The minimum Gasteiger partial charge on any atom is 0 e. The molecule has 0 N–H and O–H groups in total. The van der Waals surface area contributed by atoms with Crippen molar-refractivity contribution in [3.05, 3.63) is 109 Å². The first-order valence-electron chi connectivity index (χ1n) is 16.2. The number of furan rings is 1. The maximum absolute atomic E-state index is 6.40. The van der Waals surface area contributed by atoms with Crippen molar-refractivity contribution in [2.45, 2.75) is 70.3 Å². The molecule has 7 rings (SSSR count). The third-order valence-electron chi connectivity index (χ3n) is 8.49. The summed E-state index contributed by atoms with van der Waals surface area (Å²) in [6.07, 6.45) is 3.90. The predicted octanol–water partition coefficient (Wildman–Crippen LogP) is 10.2. The Labute approximate surface area is 294 Å². The van der Waals surface area contributed by atoms with E-state index in [1.165, 1.54) is 15.3 Å². The smallest absolute Gasteiger partial charge is 0 e. The number of para-hydroxylation sites is 1. The molecular weight excluding hydrogens is 817 g/mol. The topological polar surface area (TPSA) is 56.7 Å². The molecule has 0 spiro atoms. The first-order chi connectivity index (χ1) is 22.1. The fraction of sp³-hybridized carbons (Fsp3) is 0.275. The predicted molar refractivity (Wildman–Crippen MR) is 194 cm³/mol. The zero-order valence-electron chi connectivity index (χ0n) is 28.5. The van der Waals surface area contributed by atoms with Gasteiger partial charge in [0.1, 0.15) is 5.58 Å². The van der Waals surface area contributed by atoms with E-state index >= 15 is 0 Å². The Hall–Kier alpha value is -3.58. The van der Waals surface area contributed by atoms with Crippen LogP contribution in [0.15, 0.2) is 89.6 Å². The Bertz CT molecular complexity index is 2120. The number of benzene rings is 3. The zero-order valence-corrected chi connectivity index (χ0v) is 33.0. The van der Waals surface area contributed by atoms with E-state index in [-0.39, 0.29) is 20.1 Å². The number of hydrogen-bond donors (Lipinski definition) is 0. The molecule has 5 nitrogen and oxygen atoms in total. The van der Waals surface area contributed by atoms with Gasteiger partial charge >= 0.3 is 99.8 Å². The number of aryl methyl sites for hydroxylation is 1. The Morgan fingerprint density at radius 2 is 1.64 bits per heavy atom. The molecule has 7 heteroatoms. The molecule has 4 aromatic heterocycles. The number of pyridine rings is 2. The van der Waals surface area contributed by atoms with Crippen LogP contribution in [0.3, 0.4) is 0 Å². The van der Waals surface area contributed by atoms with Crippen LogP contribution < -0.4 is 4.40 Å². The van der Waals surface area contributed by atoms with Crippen LogP contribution in [0.1, 0.15) is 57.7 Å². The summed E-state index contributed by atoms with van der Waals surface area (Å²) in [4.78, 5) is 14.2. The largest absolute Gasteiger partial charge is 0 e. The minimum absolute atomic E-state index is 0. The van der Waals surface area contributed by atoms with Crippen LogP contribution in [0.25, 0.3) is 55.6 Å². The molecule has 0 amide bonds. The number of nitrogens with zero attached hydrogens (tertiary/aromatic N) is 4. The molecule has 0 atom stereocenters. The normalized spacial score (nSPS) is 11.7. The van der Waals surface area contributed by atoms with Gasteiger partial charge in [-0.05, 0) is 25.0 Å². The minimum atomic E-state index is -1.72. The van der Waals surface area contributed by atoms with Gasteiger partial charge in [0.2, 0.25) is 0 Å². The van der Waals surface area contributed by atoms with E-state index in [1.54, 1.807) is 0 Å². The maximum Gasteiger partial charge on any atom is 0 e. The van der Waals surface area contributed by atoms with Crippen molar-refractivity contribution in [3.8, 4) is 22.6 Å². The first-order valence-corrected chi connectivity index (χ1v) is 23.6. The second-order valence-corrected chi connectivity index (χ2v) is 24.1. The van der Waals surface area contributed by atoms with Crippen molar-refractivity contribution in [2.75, 3.05) is 0 Å². The Balaban J connectivity index is 0.000000217. The molecule has 0 aliphatic heterocycles. The Morgan fingerprint density at radius 1 is 0.872 bits per heavy atom. The van der Waals surface area contributed by atoms with Gasteiger partial charge in [0, 0.05) is 38.2 Å². The van der Waals surface area contributed by atoms with E-state index in [9.17, 15) is 0 Å². The number of imidazole rings is 1. The molecule has 243 valence electrons. The molecule has 0 aliphatic rings. The van der Waals surface area contributed by atoms with Crippen molar-refractivity contribution in [2.24, 2.45) is 0 Å². The van der Waals surface area contributed by atoms with Crippen molar-refractivity contribution in [3.63, 3.8) is 0 Å². The molecule has 0 fully saturated rings. The van der Waals surface area contributed by atoms with Gasteiger partial charge in [0.15, 0.2) is 0 Å². The van der Waals surface area contributed by atoms with E-state index < -0.39 is 13.3 Å². The molecule has 7 aromatic rings. The second kappa shape index (κ2) is 14.3. The molecule has 1 radical (unpaired) electrons. The zero-order chi connectivity index (χ0) is 32.6. The van der Waals surface area contributed by atoms with Gasteiger partial charge in [-0.1, -0.05) is 62.8 Å². The van der Waals surface area contributed by atoms with Crippen LogP contribution in [0, 0.1) is 12.1 Å². The number of aromatic nitrogens is 4. The van der Waals surface area contributed by atoms with Crippen molar-refractivity contribution < 1.29 is 24.5 Å². The van der Waals surface area contributed by atoms with Gasteiger partial charge in [-0.2, -0.15) is 0 Å². The number of hydrogen-bond acceptors (Lipinski definition) is 4. The molecule has 0 saturated heterocycles. The summed E-state index contributed by atoms with van der Waals surface area (Å²) >= 11 is -1.72. The average Bonchev–Trinajstić information content (AvgIpc) is 3.63. The van der Waals surface area contributed by atoms with Gasteiger partial charge in [0.05, 0.1) is 28.1 Å². The number of rotatable bonds is 6. The summed E-state index contributed by atoms with van der Waals surface area (Å²) < 4.78 is 10.1. The summed E-state index contributed by atoms with van der Waals surface area (Å²) in [5.74, 6) is 8.73. The molecule has 3 aromatic carbocycles. The molecule has 0 unspecified atom stereocenters. The van der Waals surface area contributed by atoms with E-state index in [2.05, 4.69) is 109 Å². The first kappa shape index (κ1) is 34.7. The van der Waals surface area contributed by atoms with Gasteiger partial charge in [0.25, 0.3) is 0 Å². The molecule has 0 bridgehead atoms. The van der Waals surface area contributed by atoms with Crippen LogP contribution in [0.4, 0.5) is 0 Å². The third kappa shape index (κ3) is 6.87. The molecule has 0 saturated carbocycles. The fourth-order valence-electron chi connectivity index (χ4n) is 5.99. The third-order valence-corrected chi connectivity index (χ3v) is 12.7. The summed E-state index contributed by atoms with van der Waals surface area (Å²) in [5, 5.41) is 2.32. The second-order valence-electron chi connectivity index (χ2n) is 13.4. The van der Waals surface area contributed by atoms with E-state index in [0.29, 0.717) is 11.8 Å². The summed E-state index contributed by atoms with van der Waals surface area (Å²) in [6, 6.07) is 31.4. The molecular formula is C40H42GeIrN4O-2. The van der Waals surface area contributed by atoms with E-state index in [1.807, 2.05) is 54.9 Å². The molecule has 0 aliphatic carbocycles.